The van der Waals surface area contributed by atoms with Crippen LogP contribution in [0.1, 0.15) is 53.0 Å². The van der Waals surface area contributed by atoms with E-state index in [9.17, 15) is 19.2 Å². The monoisotopic (exact) mass is 482 g/mol. The number of amides is 3. The van der Waals surface area contributed by atoms with Gasteiger partial charge in [0.25, 0.3) is 17.7 Å². The van der Waals surface area contributed by atoms with Gasteiger partial charge in [0.05, 0.1) is 24.3 Å². The fourth-order valence-corrected chi connectivity index (χ4v) is 3.69. The second kappa shape index (κ2) is 12.5. The zero-order valence-electron chi connectivity index (χ0n) is 20.0. The molecule has 0 spiro atoms. The van der Waals surface area contributed by atoms with Gasteiger partial charge in [0, 0.05) is 19.5 Å². The zero-order chi connectivity index (χ0) is 25.2. The molecule has 0 atom stereocenters. The van der Waals surface area contributed by atoms with Gasteiger partial charge in [-0.2, -0.15) is 0 Å². The van der Waals surface area contributed by atoms with Crippen molar-refractivity contribution in [2.24, 2.45) is 0 Å². The van der Waals surface area contributed by atoms with Crippen LogP contribution in [0.4, 0.5) is 0 Å². The van der Waals surface area contributed by atoms with Crippen LogP contribution in [-0.4, -0.2) is 61.5 Å². The molecule has 1 aliphatic rings. The second-order valence-electron chi connectivity index (χ2n) is 7.82. The smallest absolute Gasteiger partial charge is 0.306 e. The molecule has 0 radical (unpaired) electrons. The molecule has 0 aliphatic carbocycles. The molecule has 186 valence electrons. The summed E-state index contributed by atoms with van der Waals surface area (Å²) in [7, 11) is 0. The number of fused-ring (bicyclic) bond motifs is 1. The number of nitrogens with zero attached hydrogens (tertiary/aromatic N) is 1. The Morgan fingerprint density at radius 2 is 1.57 bits per heavy atom. The van der Waals surface area contributed by atoms with Crippen LogP contribution in [0.15, 0.2) is 42.5 Å². The van der Waals surface area contributed by atoms with Gasteiger partial charge in [0.2, 0.25) is 0 Å². The van der Waals surface area contributed by atoms with Crippen LogP contribution in [0.3, 0.4) is 0 Å². The van der Waals surface area contributed by atoms with E-state index in [0.29, 0.717) is 48.8 Å². The number of nitrogens with one attached hydrogen (secondary N) is 1. The van der Waals surface area contributed by atoms with Gasteiger partial charge in [0.15, 0.2) is 18.1 Å². The van der Waals surface area contributed by atoms with Crippen molar-refractivity contribution in [1.82, 2.24) is 10.2 Å². The molecular weight excluding hydrogens is 452 g/mol. The summed E-state index contributed by atoms with van der Waals surface area (Å²) >= 11 is 0. The van der Waals surface area contributed by atoms with Crippen LogP contribution in [0.5, 0.6) is 11.5 Å². The maximum atomic E-state index is 12.3. The zero-order valence-corrected chi connectivity index (χ0v) is 20.0. The van der Waals surface area contributed by atoms with Crippen LogP contribution >= 0.6 is 0 Å². The second-order valence-corrected chi connectivity index (χ2v) is 7.82. The number of ether oxygens (including phenoxy) is 3. The van der Waals surface area contributed by atoms with E-state index < -0.39 is 11.9 Å². The summed E-state index contributed by atoms with van der Waals surface area (Å²) in [4.78, 5) is 49.7. The third-order valence-electron chi connectivity index (χ3n) is 5.35. The van der Waals surface area contributed by atoms with Crippen LogP contribution in [-0.2, 0) is 20.7 Å². The number of carbonyl (C=O) groups excluding carboxylic acids is 4. The molecule has 9 heteroatoms. The Bertz CT molecular complexity index is 1050. The standard InChI is InChI=1S/C26H30N2O7/c1-3-33-21-12-11-18(16-22(21)34-4-2)13-14-27-23(29)17-35-24(30)10-7-15-28-25(31)19-8-5-6-9-20(19)26(28)32/h5-6,8-9,11-12,16H,3-4,7,10,13-15,17H2,1-2H3,(H,27,29). The van der Waals surface area contributed by atoms with Crippen molar-refractivity contribution in [1.29, 1.82) is 0 Å². The summed E-state index contributed by atoms with van der Waals surface area (Å²) in [5, 5.41) is 2.71. The third kappa shape index (κ3) is 6.81. The molecule has 9 nitrogen and oxygen atoms in total. The topological polar surface area (TPSA) is 111 Å². The van der Waals surface area contributed by atoms with E-state index in [0.717, 1.165) is 10.5 Å². The predicted molar refractivity (Wildman–Crippen MR) is 127 cm³/mol. The fourth-order valence-electron chi connectivity index (χ4n) is 3.69. The normalized spacial score (nSPS) is 12.3. The number of rotatable bonds is 13. The molecule has 0 saturated carbocycles. The lowest BCUT2D eigenvalue weighted by molar-refractivity contribution is -0.148. The SMILES string of the molecule is CCOc1ccc(CCNC(=O)COC(=O)CCCN2C(=O)c3ccccc3C2=O)cc1OCC. The Balaban J connectivity index is 1.34. The molecule has 1 aliphatic heterocycles. The van der Waals surface area contributed by atoms with Crippen molar-refractivity contribution in [2.75, 3.05) is 32.9 Å². The van der Waals surface area contributed by atoms with E-state index in [1.54, 1.807) is 24.3 Å². The molecule has 35 heavy (non-hydrogen) atoms. The van der Waals surface area contributed by atoms with E-state index in [1.807, 2.05) is 32.0 Å². The van der Waals surface area contributed by atoms with Gasteiger partial charge in [-0.25, -0.2) is 0 Å². The van der Waals surface area contributed by atoms with Crippen molar-refractivity contribution < 1.29 is 33.4 Å². The van der Waals surface area contributed by atoms with Crippen LogP contribution < -0.4 is 14.8 Å². The Morgan fingerprint density at radius 3 is 2.23 bits per heavy atom. The summed E-state index contributed by atoms with van der Waals surface area (Å²) in [6, 6.07) is 12.3. The van der Waals surface area contributed by atoms with Crippen LogP contribution in [0.25, 0.3) is 0 Å². The maximum Gasteiger partial charge on any atom is 0.306 e. The van der Waals surface area contributed by atoms with Gasteiger partial charge in [0.1, 0.15) is 0 Å². The van der Waals surface area contributed by atoms with Crippen molar-refractivity contribution in [2.45, 2.75) is 33.1 Å². The largest absolute Gasteiger partial charge is 0.490 e. The Kier molecular flexibility index (Phi) is 9.23. The lowest BCUT2D eigenvalue weighted by Crippen LogP contribution is -2.32. The van der Waals surface area contributed by atoms with Gasteiger partial charge >= 0.3 is 5.97 Å². The third-order valence-corrected chi connectivity index (χ3v) is 5.35. The molecular formula is C26H30N2O7. The number of carbonyl (C=O) groups is 4. The molecule has 0 bridgehead atoms. The number of esters is 1. The highest BCUT2D eigenvalue weighted by Gasteiger charge is 2.34. The first kappa shape index (κ1) is 25.7. The van der Waals surface area contributed by atoms with E-state index >= 15 is 0 Å². The van der Waals surface area contributed by atoms with Crippen LogP contribution in [0, 0.1) is 0 Å². The first-order chi connectivity index (χ1) is 16.9. The maximum absolute atomic E-state index is 12.3. The minimum absolute atomic E-state index is 0.00687. The number of hydrogen-bond donors (Lipinski definition) is 1. The van der Waals surface area contributed by atoms with Gasteiger partial charge in [-0.05, 0) is 56.5 Å². The fraction of sp³-hybridized carbons (Fsp3) is 0.385. The minimum atomic E-state index is -0.565. The van der Waals surface area contributed by atoms with Gasteiger partial charge in [-0.15, -0.1) is 0 Å². The average molecular weight is 483 g/mol. The lowest BCUT2D eigenvalue weighted by atomic mass is 10.1. The average Bonchev–Trinajstić information content (AvgIpc) is 3.09. The van der Waals surface area contributed by atoms with Crippen molar-refractivity contribution >= 4 is 23.7 Å². The highest BCUT2D eigenvalue weighted by atomic mass is 16.5. The highest BCUT2D eigenvalue weighted by Crippen LogP contribution is 2.28. The molecule has 1 N–H and O–H groups in total. The van der Waals surface area contributed by atoms with E-state index in [1.165, 1.54) is 0 Å². The Morgan fingerprint density at radius 1 is 0.914 bits per heavy atom. The molecule has 0 fully saturated rings. The van der Waals surface area contributed by atoms with Crippen molar-refractivity contribution in [3.63, 3.8) is 0 Å². The van der Waals surface area contributed by atoms with E-state index in [4.69, 9.17) is 14.2 Å². The predicted octanol–water partition coefficient (Wildman–Crippen LogP) is 2.76. The summed E-state index contributed by atoms with van der Waals surface area (Å²) in [5.74, 6) is -0.358. The summed E-state index contributed by atoms with van der Waals surface area (Å²) in [5.41, 5.74) is 1.72. The number of benzene rings is 2. The Hall–Kier alpha value is -3.88. The Labute approximate surface area is 204 Å². The summed E-state index contributed by atoms with van der Waals surface area (Å²) in [6.45, 7) is 4.95. The van der Waals surface area contributed by atoms with Crippen molar-refractivity contribution in [3.05, 3.63) is 59.2 Å². The van der Waals surface area contributed by atoms with Gasteiger partial charge < -0.3 is 19.5 Å². The number of imide groups is 1. The first-order valence-electron chi connectivity index (χ1n) is 11.7. The van der Waals surface area contributed by atoms with E-state index in [-0.39, 0.29) is 37.8 Å². The number of hydrogen-bond acceptors (Lipinski definition) is 7. The van der Waals surface area contributed by atoms with Crippen molar-refractivity contribution in [3.8, 4) is 11.5 Å². The summed E-state index contributed by atoms with van der Waals surface area (Å²) < 4.78 is 16.2. The molecule has 0 saturated heterocycles. The first-order valence-corrected chi connectivity index (χ1v) is 11.7. The minimum Gasteiger partial charge on any atom is -0.490 e. The molecule has 1 heterocycles. The molecule has 3 rings (SSSR count). The van der Waals surface area contributed by atoms with Gasteiger partial charge in [-0.3, -0.25) is 24.1 Å². The van der Waals surface area contributed by atoms with Crippen LogP contribution in [0.2, 0.25) is 0 Å². The molecule has 2 aromatic carbocycles. The molecule has 2 aromatic rings. The molecule has 3 amide bonds. The highest BCUT2D eigenvalue weighted by molar-refractivity contribution is 6.21. The van der Waals surface area contributed by atoms with E-state index in [2.05, 4.69) is 5.32 Å². The lowest BCUT2D eigenvalue weighted by Gasteiger charge is -2.13. The van der Waals surface area contributed by atoms with Gasteiger partial charge in [-0.1, -0.05) is 18.2 Å². The molecule has 0 unspecified atom stereocenters. The quantitative estimate of drug-likeness (QED) is 0.345. The molecule has 0 aromatic heterocycles. The summed E-state index contributed by atoms with van der Waals surface area (Å²) in [6.07, 6.45) is 0.825.